The number of guanidine groups is 1. The Morgan fingerprint density at radius 2 is 2.24 bits per heavy atom. The molecule has 1 aliphatic carbocycles. The summed E-state index contributed by atoms with van der Waals surface area (Å²) in [4.78, 5) is 7.28. The molecule has 5 nitrogen and oxygen atoms in total. The third kappa shape index (κ3) is 4.00. The summed E-state index contributed by atoms with van der Waals surface area (Å²) in [5, 5.41) is 6.81. The second-order valence-corrected chi connectivity index (χ2v) is 5.91. The van der Waals surface area contributed by atoms with Crippen LogP contribution in [0.2, 0.25) is 0 Å². The molecule has 1 aromatic heterocycles. The van der Waals surface area contributed by atoms with Crippen molar-refractivity contribution in [2.45, 2.75) is 44.7 Å². The quantitative estimate of drug-likeness (QED) is 0.622. The van der Waals surface area contributed by atoms with Crippen molar-refractivity contribution in [3.63, 3.8) is 0 Å². The first-order valence-corrected chi connectivity index (χ1v) is 8.19. The van der Waals surface area contributed by atoms with Gasteiger partial charge in [-0.15, -0.1) is 0 Å². The van der Waals surface area contributed by atoms with Crippen LogP contribution in [0.1, 0.15) is 44.4 Å². The first kappa shape index (κ1) is 14.4. The molecular formula is C16H26N4O. The summed E-state index contributed by atoms with van der Waals surface area (Å²) < 4.78 is 5.64. The molecule has 1 saturated heterocycles. The maximum absolute atomic E-state index is 5.64. The Bertz CT molecular complexity index is 447. The molecule has 116 valence electrons. The molecule has 0 bridgehead atoms. The van der Waals surface area contributed by atoms with Crippen LogP contribution in [0.5, 0.6) is 0 Å². The van der Waals surface area contributed by atoms with Gasteiger partial charge in [-0.1, -0.05) is 0 Å². The van der Waals surface area contributed by atoms with Crippen molar-refractivity contribution in [2.24, 2.45) is 4.99 Å². The van der Waals surface area contributed by atoms with E-state index in [9.17, 15) is 0 Å². The fourth-order valence-electron chi connectivity index (χ4n) is 2.84. The van der Waals surface area contributed by atoms with Gasteiger partial charge in [-0.25, -0.2) is 0 Å². The van der Waals surface area contributed by atoms with E-state index < -0.39 is 0 Å². The maximum Gasteiger partial charge on any atom is 0.191 e. The molecule has 2 fully saturated rings. The number of rotatable bonds is 6. The number of aliphatic imine (C=N–C) groups is 1. The van der Waals surface area contributed by atoms with Gasteiger partial charge in [-0.3, -0.25) is 9.89 Å². The smallest absolute Gasteiger partial charge is 0.191 e. The molecule has 1 saturated carbocycles. The Morgan fingerprint density at radius 1 is 1.43 bits per heavy atom. The molecule has 0 aromatic carbocycles. The average molecular weight is 290 g/mol. The molecule has 0 amide bonds. The lowest BCUT2D eigenvalue weighted by molar-refractivity contribution is 0.221. The Hall–Kier alpha value is -1.49. The molecule has 3 rings (SSSR count). The van der Waals surface area contributed by atoms with Crippen LogP contribution in [-0.4, -0.2) is 43.1 Å². The number of hydrogen-bond donors (Lipinski definition) is 2. The lowest BCUT2D eigenvalue weighted by atomic mass is 10.2. The zero-order valence-electron chi connectivity index (χ0n) is 12.8. The molecule has 2 heterocycles. The van der Waals surface area contributed by atoms with Crippen LogP contribution in [0.25, 0.3) is 0 Å². The molecule has 1 atom stereocenters. The Morgan fingerprint density at radius 3 is 2.86 bits per heavy atom. The normalized spacial score (nSPS) is 21.5. The molecule has 0 spiro atoms. The Kier molecular flexibility index (Phi) is 4.80. The van der Waals surface area contributed by atoms with Crippen LogP contribution in [0.3, 0.4) is 0 Å². The molecule has 1 aromatic rings. The van der Waals surface area contributed by atoms with Gasteiger partial charge in [-0.2, -0.15) is 0 Å². The van der Waals surface area contributed by atoms with Gasteiger partial charge in [0.05, 0.1) is 18.8 Å². The number of likely N-dealkylation sites (tertiary alicyclic amines) is 1. The molecule has 0 unspecified atom stereocenters. The summed E-state index contributed by atoms with van der Waals surface area (Å²) in [5.41, 5.74) is 0. The standard InChI is InChI=1S/C16H26N4O/c1-2-17-16(19-13-7-8-13)18-12-14(15-6-5-11-21-15)20-9-3-4-10-20/h5-6,11,13-14H,2-4,7-10,12H2,1H3,(H2,17,18,19)/t14-/m1/s1. The molecule has 1 aliphatic heterocycles. The highest BCUT2D eigenvalue weighted by Crippen LogP contribution is 2.26. The van der Waals surface area contributed by atoms with Crippen molar-refractivity contribution in [3.8, 4) is 0 Å². The van der Waals surface area contributed by atoms with Crippen molar-refractivity contribution in [2.75, 3.05) is 26.2 Å². The topological polar surface area (TPSA) is 52.8 Å². The van der Waals surface area contributed by atoms with Crippen LogP contribution in [0.15, 0.2) is 27.8 Å². The summed E-state index contributed by atoms with van der Waals surface area (Å²) in [6.45, 7) is 6.04. The van der Waals surface area contributed by atoms with E-state index in [2.05, 4.69) is 28.5 Å². The minimum absolute atomic E-state index is 0.261. The van der Waals surface area contributed by atoms with E-state index in [0.29, 0.717) is 6.04 Å². The van der Waals surface area contributed by atoms with Gasteiger partial charge in [0.2, 0.25) is 0 Å². The predicted molar refractivity (Wildman–Crippen MR) is 84.4 cm³/mol. The molecule has 5 heteroatoms. The highest BCUT2D eigenvalue weighted by Gasteiger charge is 2.26. The van der Waals surface area contributed by atoms with Gasteiger partial charge in [-0.05, 0) is 57.8 Å². The summed E-state index contributed by atoms with van der Waals surface area (Å²) in [5.74, 6) is 1.97. The second-order valence-electron chi connectivity index (χ2n) is 5.91. The third-order valence-corrected chi connectivity index (χ3v) is 4.14. The lowest BCUT2D eigenvalue weighted by Gasteiger charge is -2.24. The van der Waals surface area contributed by atoms with E-state index >= 15 is 0 Å². The number of nitrogens with one attached hydrogen (secondary N) is 2. The monoisotopic (exact) mass is 290 g/mol. The van der Waals surface area contributed by atoms with Gasteiger partial charge in [0.15, 0.2) is 5.96 Å². The largest absolute Gasteiger partial charge is 0.468 e. The Labute approximate surface area is 126 Å². The van der Waals surface area contributed by atoms with Crippen molar-refractivity contribution in [1.29, 1.82) is 0 Å². The molecular weight excluding hydrogens is 264 g/mol. The van der Waals surface area contributed by atoms with E-state index in [1.807, 2.05) is 6.07 Å². The van der Waals surface area contributed by atoms with Crippen LogP contribution >= 0.6 is 0 Å². The second kappa shape index (κ2) is 6.98. The van der Waals surface area contributed by atoms with E-state index in [1.165, 1.54) is 25.7 Å². The van der Waals surface area contributed by atoms with Gasteiger partial charge in [0, 0.05) is 12.6 Å². The highest BCUT2D eigenvalue weighted by molar-refractivity contribution is 5.80. The summed E-state index contributed by atoms with van der Waals surface area (Å²) >= 11 is 0. The SMILES string of the molecule is CCNC(=NC[C@H](c1ccco1)N1CCCC1)NC1CC1. The summed E-state index contributed by atoms with van der Waals surface area (Å²) in [6, 6.07) is 4.92. The fraction of sp³-hybridized carbons (Fsp3) is 0.688. The van der Waals surface area contributed by atoms with Crippen LogP contribution in [-0.2, 0) is 0 Å². The molecule has 0 radical (unpaired) electrons. The zero-order chi connectivity index (χ0) is 14.5. The van der Waals surface area contributed by atoms with Gasteiger partial charge in [0.25, 0.3) is 0 Å². The first-order chi connectivity index (χ1) is 10.4. The molecule has 21 heavy (non-hydrogen) atoms. The number of hydrogen-bond acceptors (Lipinski definition) is 3. The minimum atomic E-state index is 0.261. The number of furan rings is 1. The fourth-order valence-corrected chi connectivity index (χ4v) is 2.84. The summed E-state index contributed by atoms with van der Waals surface area (Å²) in [7, 11) is 0. The zero-order valence-corrected chi connectivity index (χ0v) is 12.8. The predicted octanol–water partition coefficient (Wildman–Crippen LogP) is 2.13. The van der Waals surface area contributed by atoms with Crippen molar-refractivity contribution in [3.05, 3.63) is 24.2 Å². The average Bonchev–Trinajstić information content (AvgIpc) is 2.98. The van der Waals surface area contributed by atoms with Crippen molar-refractivity contribution >= 4 is 5.96 Å². The van der Waals surface area contributed by atoms with Crippen LogP contribution in [0.4, 0.5) is 0 Å². The summed E-state index contributed by atoms with van der Waals surface area (Å²) in [6.07, 6.45) is 6.84. The minimum Gasteiger partial charge on any atom is -0.468 e. The molecule has 2 N–H and O–H groups in total. The lowest BCUT2D eigenvalue weighted by Crippen LogP contribution is -2.39. The Balaban J connectivity index is 1.67. The first-order valence-electron chi connectivity index (χ1n) is 8.19. The van der Waals surface area contributed by atoms with Crippen LogP contribution < -0.4 is 10.6 Å². The van der Waals surface area contributed by atoms with Gasteiger partial charge in [0.1, 0.15) is 5.76 Å². The van der Waals surface area contributed by atoms with Gasteiger partial charge < -0.3 is 15.1 Å². The van der Waals surface area contributed by atoms with Crippen molar-refractivity contribution in [1.82, 2.24) is 15.5 Å². The van der Waals surface area contributed by atoms with E-state index in [1.54, 1.807) is 6.26 Å². The van der Waals surface area contributed by atoms with Crippen molar-refractivity contribution < 1.29 is 4.42 Å². The van der Waals surface area contributed by atoms with E-state index in [0.717, 1.165) is 37.9 Å². The van der Waals surface area contributed by atoms with E-state index in [-0.39, 0.29) is 6.04 Å². The van der Waals surface area contributed by atoms with Gasteiger partial charge >= 0.3 is 0 Å². The maximum atomic E-state index is 5.64. The number of nitrogens with zero attached hydrogens (tertiary/aromatic N) is 2. The molecule has 2 aliphatic rings. The highest BCUT2D eigenvalue weighted by atomic mass is 16.3. The van der Waals surface area contributed by atoms with Crippen LogP contribution in [0, 0.1) is 0 Å². The van der Waals surface area contributed by atoms with E-state index in [4.69, 9.17) is 9.41 Å². The third-order valence-electron chi connectivity index (χ3n) is 4.14.